The highest BCUT2D eigenvalue weighted by Crippen LogP contribution is 2.40. The predicted molar refractivity (Wildman–Crippen MR) is 89.8 cm³/mol. The molecule has 0 bridgehead atoms. The summed E-state index contributed by atoms with van der Waals surface area (Å²) in [6.45, 7) is 4.28. The highest BCUT2D eigenvalue weighted by atomic mass is 79.9. The van der Waals surface area contributed by atoms with Gasteiger partial charge < -0.3 is 15.5 Å². The Bertz CT molecular complexity index is 557. The van der Waals surface area contributed by atoms with Crippen molar-refractivity contribution in [2.45, 2.75) is 32.2 Å². The second kappa shape index (κ2) is 5.97. The number of nitrogens with zero attached hydrogens (tertiary/aromatic N) is 1. The smallest absolute Gasteiger partial charge is 0.246 e. The lowest BCUT2D eigenvalue weighted by Crippen LogP contribution is -2.32. The van der Waals surface area contributed by atoms with Crippen LogP contribution in [0.1, 0.15) is 37.8 Å². The average Bonchev–Trinajstić information content (AvgIpc) is 2.72. The van der Waals surface area contributed by atoms with E-state index in [4.69, 9.17) is 0 Å². The molecule has 1 aliphatic carbocycles. The first-order chi connectivity index (χ1) is 10.1. The molecule has 1 atom stereocenters. The summed E-state index contributed by atoms with van der Waals surface area (Å²) < 4.78 is 1.07. The van der Waals surface area contributed by atoms with Crippen LogP contribution in [0.15, 0.2) is 16.6 Å². The van der Waals surface area contributed by atoms with Crippen molar-refractivity contribution < 1.29 is 4.79 Å². The molecule has 1 amide bonds. The molecule has 114 valence electrons. The van der Waals surface area contributed by atoms with Crippen molar-refractivity contribution in [3.63, 3.8) is 0 Å². The second-order valence-electron chi connectivity index (χ2n) is 5.94. The number of carbonyl (C=O) groups is 1. The van der Waals surface area contributed by atoms with Crippen LogP contribution in [0.5, 0.6) is 0 Å². The minimum atomic E-state index is -0.243. The topological polar surface area (TPSA) is 44.4 Å². The number of benzene rings is 1. The predicted octanol–water partition coefficient (Wildman–Crippen LogP) is 3.29. The molecule has 0 spiro atoms. The number of anilines is 2. The first-order valence-corrected chi connectivity index (χ1v) is 8.49. The minimum absolute atomic E-state index is 0.0265. The summed E-state index contributed by atoms with van der Waals surface area (Å²) in [6, 6.07) is 3.94. The molecule has 1 heterocycles. The molecule has 3 rings (SSSR count). The number of hydrogen-bond donors (Lipinski definition) is 2. The Kier molecular flexibility index (Phi) is 4.22. The fraction of sp³-hybridized carbons (Fsp3) is 0.562. The summed E-state index contributed by atoms with van der Waals surface area (Å²) in [5.74, 6) is 0.850. The Balaban J connectivity index is 1.89. The Morgan fingerprint density at radius 3 is 2.76 bits per heavy atom. The van der Waals surface area contributed by atoms with Gasteiger partial charge in [-0.2, -0.15) is 0 Å². The number of rotatable bonds is 5. The Hall–Kier alpha value is -1.07. The minimum Gasteiger partial charge on any atom is -0.371 e. The second-order valence-corrected chi connectivity index (χ2v) is 6.79. The quantitative estimate of drug-likeness (QED) is 0.855. The molecule has 1 fully saturated rings. The standard InChI is InChI=1S/C16H22BrN3O/c1-3-20(9-10-5-4-6-10)14-8-13-11(7-12(14)17)15(18-2)16(21)19-13/h7-8,10,15,18H,3-6,9H2,1-2H3,(H,19,21). The lowest BCUT2D eigenvalue weighted by molar-refractivity contribution is -0.117. The van der Waals surface area contributed by atoms with Gasteiger partial charge >= 0.3 is 0 Å². The summed E-state index contributed by atoms with van der Waals surface area (Å²) in [4.78, 5) is 14.4. The number of halogens is 1. The van der Waals surface area contributed by atoms with E-state index in [1.54, 1.807) is 0 Å². The van der Waals surface area contributed by atoms with E-state index in [0.717, 1.165) is 34.7 Å². The molecule has 5 heteroatoms. The van der Waals surface area contributed by atoms with Crippen LogP contribution in [0.2, 0.25) is 0 Å². The van der Waals surface area contributed by atoms with Crippen molar-refractivity contribution in [1.82, 2.24) is 5.32 Å². The van der Waals surface area contributed by atoms with Gasteiger partial charge in [-0.15, -0.1) is 0 Å². The lowest BCUT2D eigenvalue weighted by Gasteiger charge is -2.34. The van der Waals surface area contributed by atoms with Gasteiger partial charge in [-0.3, -0.25) is 4.79 Å². The number of nitrogens with one attached hydrogen (secondary N) is 2. The molecule has 1 unspecified atom stereocenters. The van der Waals surface area contributed by atoms with E-state index >= 15 is 0 Å². The maximum atomic E-state index is 12.0. The maximum Gasteiger partial charge on any atom is 0.246 e. The highest BCUT2D eigenvalue weighted by Gasteiger charge is 2.31. The average molecular weight is 352 g/mol. The van der Waals surface area contributed by atoms with E-state index in [1.807, 2.05) is 7.05 Å². The number of hydrogen-bond acceptors (Lipinski definition) is 3. The summed E-state index contributed by atoms with van der Waals surface area (Å²) in [5.41, 5.74) is 3.14. The SMILES string of the molecule is CCN(CC1CCC1)c1cc2c(cc1Br)C(NC)C(=O)N2. The Morgan fingerprint density at radius 2 is 2.19 bits per heavy atom. The van der Waals surface area contributed by atoms with Crippen molar-refractivity contribution in [2.24, 2.45) is 5.92 Å². The number of carbonyl (C=O) groups excluding carboxylic acids is 1. The zero-order valence-corrected chi connectivity index (χ0v) is 14.2. The summed E-state index contributed by atoms with van der Waals surface area (Å²) in [6.07, 6.45) is 4.06. The molecule has 1 aromatic rings. The van der Waals surface area contributed by atoms with Crippen molar-refractivity contribution in [1.29, 1.82) is 0 Å². The molecule has 2 N–H and O–H groups in total. The van der Waals surface area contributed by atoms with Crippen molar-refractivity contribution in [3.05, 3.63) is 22.2 Å². The van der Waals surface area contributed by atoms with Crippen LogP contribution < -0.4 is 15.5 Å². The van der Waals surface area contributed by atoms with Crippen molar-refractivity contribution >= 4 is 33.2 Å². The number of amides is 1. The molecule has 1 aliphatic heterocycles. The van der Waals surface area contributed by atoms with Gasteiger partial charge in [0.25, 0.3) is 0 Å². The molecule has 0 saturated heterocycles. The molecule has 21 heavy (non-hydrogen) atoms. The third kappa shape index (κ3) is 2.69. The molecule has 0 radical (unpaired) electrons. The van der Waals surface area contributed by atoms with Gasteiger partial charge in [-0.05, 0) is 60.8 Å². The number of likely N-dealkylation sites (N-methyl/N-ethyl adjacent to an activating group) is 1. The fourth-order valence-corrected chi connectivity index (χ4v) is 3.80. The number of fused-ring (bicyclic) bond motifs is 1. The van der Waals surface area contributed by atoms with Crippen LogP contribution in [0.3, 0.4) is 0 Å². The van der Waals surface area contributed by atoms with E-state index in [0.29, 0.717) is 0 Å². The molecule has 0 aromatic heterocycles. The summed E-state index contributed by atoms with van der Waals surface area (Å²) in [7, 11) is 1.82. The molecule has 2 aliphatic rings. The van der Waals surface area contributed by atoms with Crippen LogP contribution in [-0.4, -0.2) is 26.0 Å². The lowest BCUT2D eigenvalue weighted by atomic mass is 9.85. The van der Waals surface area contributed by atoms with Gasteiger partial charge in [0.15, 0.2) is 0 Å². The largest absolute Gasteiger partial charge is 0.371 e. The monoisotopic (exact) mass is 351 g/mol. The van der Waals surface area contributed by atoms with E-state index in [-0.39, 0.29) is 11.9 Å². The zero-order valence-electron chi connectivity index (χ0n) is 12.6. The molecular formula is C16H22BrN3O. The molecular weight excluding hydrogens is 330 g/mol. The zero-order chi connectivity index (χ0) is 15.0. The van der Waals surface area contributed by atoms with Crippen molar-refractivity contribution in [3.8, 4) is 0 Å². The third-order valence-corrected chi connectivity index (χ3v) is 5.30. The third-order valence-electron chi connectivity index (χ3n) is 4.66. The van der Waals surface area contributed by atoms with Gasteiger partial charge in [0.05, 0.1) is 5.69 Å². The van der Waals surface area contributed by atoms with E-state index in [9.17, 15) is 4.79 Å². The van der Waals surface area contributed by atoms with Crippen LogP contribution in [-0.2, 0) is 4.79 Å². The van der Waals surface area contributed by atoms with Crippen LogP contribution in [0, 0.1) is 5.92 Å². The fourth-order valence-electron chi connectivity index (χ4n) is 3.18. The summed E-state index contributed by atoms with van der Waals surface area (Å²) in [5, 5.41) is 6.04. The molecule has 1 saturated carbocycles. The maximum absolute atomic E-state index is 12.0. The van der Waals surface area contributed by atoms with E-state index < -0.39 is 0 Å². The summed E-state index contributed by atoms with van der Waals surface area (Å²) >= 11 is 3.69. The first-order valence-electron chi connectivity index (χ1n) is 7.70. The van der Waals surface area contributed by atoms with Gasteiger partial charge in [0.1, 0.15) is 6.04 Å². The van der Waals surface area contributed by atoms with Gasteiger partial charge in [0, 0.05) is 28.8 Å². The van der Waals surface area contributed by atoms with E-state index in [1.165, 1.54) is 24.9 Å². The van der Waals surface area contributed by atoms with E-state index in [2.05, 4.69) is 50.5 Å². The van der Waals surface area contributed by atoms with Gasteiger partial charge in [-0.25, -0.2) is 0 Å². The Morgan fingerprint density at radius 1 is 1.43 bits per heavy atom. The van der Waals surface area contributed by atoms with Crippen LogP contribution in [0.25, 0.3) is 0 Å². The van der Waals surface area contributed by atoms with Crippen LogP contribution >= 0.6 is 15.9 Å². The molecule has 1 aromatic carbocycles. The molecule has 4 nitrogen and oxygen atoms in total. The van der Waals surface area contributed by atoms with Gasteiger partial charge in [-0.1, -0.05) is 6.42 Å². The van der Waals surface area contributed by atoms with Gasteiger partial charge in [0.2, 0.25) is 5.91 Å². The van der Waals surface area contributed by atoms with Crippen LogP contribution in [0.4, 0.5) is 11.4 Å². The van der Waals surface area contributed by atoms with Crippen molar-refractivity contribution in [2.75, 3.05) is 30.4 Å². The Labute approximate surface area is 134 Å². The highest BCUT2D eigenvalue weighted by molar-refractivity contribution is 9.10. The normalized spacial score (nSPS) is 20.9. The first kappa shape index (κ1) is 14.9.